The van der Waals surface area contributed by atoms with E-state index in [1.165, 1.54) is 6.92 Å². The fourth-order valence-electron chi connectivity index (χ4n) is 0.430. The molecule has 0 radical (unpaired) electrons. The molecular weight excluding hydrogens is 270 g/mol. The molecular formula is C8H7Br2N. The van der Waals surface area contributed by atoms with E-state index in [9.17, 15) is 0 Å². The summed E-state index contributed by atoms with van der Waals surface area (Å²) in [7, 11) is 0. The molecule has 1 rings (SSSR count). The fourth-order valence-corrected chi connectivity index (χ4v) is 0.958. The van der Waals surface area contributed by atoms with Crippen LogP contribution in [0.15, 0.2) is 33.2 Å². The zero-order valence-electron chi connectivity index (χ0n) is 6.01. The maximum atomic E-state index is 7.32. The highest BCUT2D eigenvalue weighted by Crippen LogP contribution is 2.14. The Kier molecular flexibility index (Phi) is 6.19. The molecule has 0 saturated heterocycles. The largest absolute Gasteiger partial charge is 0.199 e. The lowest BCUT2D eigenvalue weighted by molar-refractivity contribution is 1.49. The molecule has 0 amide bonds. The summed E-state index contributed by atoms with van der Waals surface area (Å²) in [6.45, 7) is 1.43. The van der Waals surface area contributed by atoms with Crippen LogP contribution in [0.25, 0.3) is 0 Å². The van der Waals surface area contributed by atoms with Crippen molar-refractivity contribution in [2.75, 3.05) is 0 Å². The summed E-state index contributed by atoms with van der Waals surface area (Å²) < 4.78 is 2.22. The van der Waals surface area contributed by atoms with Gasteiger partial charge in [0.2, 0.25) is 0 Å². The third-order valence-corrected chi connectivity index (χ3v) is 1.86. The van der Waals surface area contributed by atoms with Crippen molar-refractivity contribution in [3.63, 3.8) is 0 Å². The quantitative estimate of drug-likeness (QED) is 0.708. The Labute approximate surface area is 83.3 Å². The summed E-state index contributed by atoms with van der Waals surface area (Å²) in [6.07, 6.45) is 0. The smallest absolute Gasteiger partial charge is 0.0587 e. The lowest BCUT2D eigenvalue weighted by Gasteiger charge is -1.86. The number of halogens is 2. The standard InChI is InChI=1S/C6H4Br2.C2H3N/c7-5-1-2-6(8)4-3-5;1-2-3/h1-4H;1H3. The molecule has 1 aromatic carbocycles. The Bertz CT molecular complexity index is 214. The molecule has 0 spiro atoms. The predicted molar refractivity (Wildman–Crippen MR) is 53.1 cm³/mol. The van der Waals surface area contributed by atoms with Gasteiger partial charge in [0.15, 0.2) is 0 Å². The highest BCUT2D eigenvalue weighted by atomic mass is 79.9. The van der Waals surface area contributed by atoms with Gasteiger partial charge in [0.1, 0.15) is 0 Å². The Balaban J connectivity index is 0.000000292. The number of rotatable bonds is 0. The molecule has 0 heterocycles. The summed E-state index contributed by atoms with van der Waals surface area (Å²) in [5.41, 5.74) is 0. The fraction of sp³-hybridized carbons (Fsp3) is 0.125. The van der Waals surface area contributed by atoms with E-state index in [1.54, 1.807) is 6.07 Å². The minimum absolute atomic E-state index is 1.11. The first-order valence-corrected chi connectivity index (χ1v) is 4.51. The van der Waals surface area contributed by atoms with Crippen molar-refractivity contribution < 1.29 is 0 Å². The van der Waals surface area contributed by atoms with E-state index in [0.29, 0.717) is 0 Å². The number of nitrogens with zero attached hydrogens (tertiary/aromatic N) is 1. The van der Waals surface area contributed by atoms with Crippen molar-refractivity contribution in [1.29, 1.82) is 5.26 Å². The van der Waals surface area contributed by atoms with Gasteiger partial charge in [0.05, 0.1) is 6.07 Å². The molecule has 1 aromatic rings. The van der Waals surface area contributed by atoms with Crippen molar-refractivity contribution >= 4 is 31.9 Å². The van der Waals surface area contributed by atoms with Gasteiger partial charge in [-0.1, -0.05) is 31.9 Å². The third kappa shape index (κ3) is 6.08. The van der Waals surface area contributed by atoms with Crippen molar-refractivity contribution in [2.24, 2.45) is 0 Å². The monoisotopic (exact) mass is 275 g/mol. The maximum absolute atomic E-state index is 7.32. The van der Waals surface area contributed by atoms with E-state index in [2.05, 4.69) is 31.9 Å². The lowest BCUT2D eigenvalue weighted by Crippen LogP contribution is -1.61. The van der Waals surface area contributed by atoms with E-state index < -0.39 is 0 Å². The van der Waals surface area contributed by atoms with E-state index >= 15 is 0 Å². The van der Waals surface area contributed by atoms with Crippen LogP contribution < -0.4 is 0 Å². The van der Waals surface area contributed by atoms with Crippen LogP contribution in [0, 0.1) is 11.3 Å². The van der Waals surface area contributed by atoms with Gasteiger partial charge >= 0.3 is 0 Å². The molecule has 0 aliphatic carbocycles. The van der Waals surface area contributed by atoms with E-state index in [0.717, 1.165) is 8.95 Å². The minimum atomic E-state index is 1.11. The van der Waals surface area contributed by atoms with Gasteiger partial charge in [-0.3, -0.25) is 0 Å². The van der Waals surface area contributed by atoms with Crippen LogP contribution in [0.3, 0.4) is 0 Å². The number of hydrogen-bond donors (Lipinski definition) is 0. The van der Waals surface area contributed by atoms with Crippen molar-refractivity contribution in [2.45, 2.75) is 6.92 Å². The Morgan fingerprint density at radius 1 is 1.09 bits per heavy atom. The number of benzene rings is 1. The molecule has 11 heavy (non-hydrogen) atoms. The second-order valence-corrected chi connectivity index (χ2v) is 3.49. The second kappa shape index (κ2) is 6.38. The summed E-state index contributed by atoms with van der Waals surface area (Å²) in [6, 6.07) is 9.71. The van der Waals surface area contributed by atoms with Crippen molar-refractivity contribution in [3.8, 4) is 6.07 Å². The molecule has 3 heteroatoms. The van der Waals surface area contributed by atoms with Crippen LogP contribution in [0.1, 0.15) is 6.92 Å². The first-order valence-electron chi connectivity index (χ1n) is 2.92. The summed E-state index contributed by atoms with van der Waals surface area (Å²) in [5.74, 6) is 0. The molecule has 0 aliphatic rings. The topological polar surface area (TPSA) is 23.8 Å². The van der Waals surface area contributed by atoms with Crippen LogP contribution >= 0.6 is 31.9 Å². The van der Waals surface area contributed by atoms with Gasteiger partial charge in [-0.25, -0.2) is 0 Å². The van der Waals surface area contributed by atoms with Crippen LogP contribution in [0.5, 0.6) is 0 Å². The average molecular weight is 277 g/mol. The first kappa shape index (κ1) is 10.7. The van der Waals surface area contributed by atoms with Gasteiger partial charge < -0.3 is 0 Å². The SMILES string of the molecule is Brc1ccc(Br)cc1.CC#N. The van der Waals surface area contributed by atoms with Crippen LogP contribution in [-0.4, -0.2) is 0 Å². The van der Waals surface area contributed by atoms with E-state index in [1.807, 2.05) is 24.3 Å². The molecule has 0 saturated carbocycles. The summed E-state index contributed by atoms with van der Waals surface area (Å²) in [4.78, 5) is 0. The van der Waals surface area contributed by atoms with Crippen LogP contribution in [-0.2, 0) is 0 Å². The first-order chi connectivity index (χ1) is 5.20. The normalized spacial score (nSPS) is 7.45. The highest BCUT2D eigenvalue weighted by molar-refractivity contribution is 9.11. The highest BCUT2D eigenvalue weighted by Gasteiger charge is 1.83. The minimum Gasteiger partial charge on any atom is -0.199 e. The van der Waals surface area contributed by atoms with Gasteiger partial charge in [-0.15, -0.1) is 0 Å². The average Bonchev–Trinajstić information content (AvgIpc) is 1.97. The predicted octanol–water partition coefficient (Wildman–Crippen LogP) is 3.74. The van der Waals surface area contributed by atoms with E-state index in [-0.39, 0.29) is 0 Å². The number of nitriles is 1. The zero-order valence-corrected chi connectivity index (χ0v) is 9.18. The Hall–Kier alpha value is -0.330. The molecule has 0 bridgehead atoms. The summed E-state index contributed by atoms with van der Waals surface area (Å²) >= 11 is 6.65. The molecule has 0 atom stereocenters. The molecule has 0 unspecified atom stereocenters. The summed E-state index contributed by atoms with van der Waals surface area (Å²) in [5, 5.41) is 7.32. The molecule has 0 aliphatic heterocycles. The third-order valence-electron chi connectivity index (χ3n) is 0.804. The van der Waals surface area contributed by atoms with E-state index in [4.69, 9.17) is 5.26 Å². The Morgan fingerprint density at radius 2 is 1.27 bits per heavy atom. The van der Waals surface area contributed by atoms with Gasteiger partial charge in [-0.2, -0.15) is 5.26 Å². The molecule has 0 N–H and O–H groups in total. The number of hydrogen-bond acceptors (Lipinski definition) is 1. The van der Waals surface area contributed by atoms with Gasteiger partial charge in [0.25, 0.3) is 0 Å². The maximum Gasteiger partial charge on any atom is 0.0587 e. The van der Waals surface area contributed by atoms with Gasteiger partial charge in [0, 0.05) is 15.9 Å². The molecule has 58 valence electrons. The zero-order chi connectivity index (χ0) is 8.69. The van der Waals surface area contributed by atoms with Crippen LogP contribution in [0.2, 0.25) is 0 Å². The van der Waals surface area contributed by atoms with Crippen molar-refractivity contribution in [1.82, 2.24) is 0 Å². The van der Waals surface area contributed by atoms with Gasteiger partial charge in [-0.05, 0) is 24.3 Å². The van der Waals surface area contributed by atoms with Crippen LogP contribution in [0.4, 0.5) is 0 Å². The second-order valence-electron chi connectivity index (χ2n) is 1.66. The molecule has 1 nitrogen and oxygen atoms in total. The Morgan fingerprint density at radius 3 is 1.45 bits per heavy atom. The lowest BCUT2D eigenvalue weighted by atomic mass is 10.4. The van der Waals surface area contributed by atoms with Crippen molar-refractivity contribution in [3.05, 3.63) is 33.2 Å². The molecule has 0 aromatic heterocycles. The molecule has 0 fully saturated rings.